The number of rotatable bonds is 3. The molecule has 0 atom stereocenters. The van der Waals surface area contributed by atoms with Crippen molar-refractivity contribution in [3.63, 3.8) is 0 Å². The number of amides is 2. The van der Waals surface area contributed by atoms with E-state index in [-0.39, 0.29) is 11.8 Å². The molecule has 1 saturated heterocycles. The largest absolute Gasteiger partial charge is 0.326 e. The standard InChI is InChI=1S/C14H17N3O2/c18-13-8-10-7-11(3-4-12(10)16-13)15-14(19)9-17-5-1-2-6-17/h3-4,7H,1-2,5-6,8-9H2,(H,15,19)(H,16,18). The molecule has 0 unspecified atom stereocenters. The van der Waals surface area contributed by atoms with Crippen molar-refractivity contribution in [2.24, 2.45) is 0 Å². The van der Waals surface area contributed by atoms with Crippen LogP contribution in [0.3, 0.4) is 0 Å². The lowest BCUT2D eigenvalue weighted by Crippen LogP contribution is -2.30. The maximum Gasteiger partial charge on any atom is 0.238 e. The van der Waals surface area contributed by atoms with E-state index in [0.717, 1.165) is 30.0 Å². The van der Waals surface area contributed by atoms with Gasteiger partial charge in [-0.2, -0.15) is 0 Å². The first-order valence-corrected chi connectivity index (χ1v) is 6.66. The maximum atomic E-state index is 11.9. The number of fused-ring (bicyclic) bond motifs is 1. The first-order chi connectivity index (χ1) is 9.20. The Morgan fingerprint density at radius 3 is 2.89 bits per heavy atom. The molecular weight excluding hydrogens is 242 g/mol. The van der Waals surface area contributed by atoms with E-state index in [0.29, 0.717) is 13.0 Å². The molecule has 2 aliphatic heterocycles. The molecule has 0 aromatic heterocycles. The molecule has 100 valence electrons. The fourth-order valence-corrected chi connectivity index (χ4v) is 2.65. The highest BCUT2D eigenvalue weighted by Crippen LogP contribution is 2.25. The number of carbonyl (C=O) groups is 2. The summed E-state index contributed by atoms with van der Waals surface area (Å²) in [5, 5.41) is 5.67. The van der Waals surface area contributed by atoms with E-state index in [9.17, 15) is 9.59 Å². The predicted octanol–water partition coefficient (Wildman–Crippen LogP) is 1.22. The SMILES string of the molecule is O=C(CN1CCCC1)Nc1ccc2c(c1)CC(=O)N2. The van der Waals surface area contributed by atoms with Gasteiger partial charge in [0, 0.05) is 11.4 Å². The van der Waals surface area contributed by atoms with Crippen molar-refractivity contribution in [2.75, 3.05) is 30.3 Å². The smallest absolute Gasteiger partial charge is 0.238 e. The predicted molar refractivity (Wildman–Crippen MR) is 73.1 cm³/mol. The van der Waals surface area contributed by atoms with Gasteiger partial charge >= 0.3 is 0 Å². The van der Waals surface area contributed by atoms with Gasteiger partial charge in [0.2, 0.25) is 11.8 Å². The molecule has 2 aliphatic rings. The average molecular weight is 259 g/mol. The third-order valence-electron chi connectivity index (χ3n) is 3.58. The number of nitrogens with zero attached hydrogens (tertiary/aromatic N) is 1. The topological polar surface area (TPSA) is 61.4 Å². The van der Waals surface area contributed by atoms with Crippen LogP contribution in [-0.2, 0) is 16.0 Å². The zero-order chi connectivity index (χ0) is 13.2. The third-order valence-corrected chi connectivity index (χ3v) is 3.58. The second kappa shape index (κ2) is 5.01. The number of carbonyl (C=O) groups excluding carboxylic acids is 2. The van der Waals surface area contributed by atoms with Gasteiger partial charge in [-0.05, 0) is 49.7 Å². The van der Waals surface area contributed by atoms with Crippen molar-refractivity contribution < 1.29 is 9.59 Å². The first-order valence-electron chi connectivity index (χ1n) is 6.66. The number of anilines is 2. The third kappa shape index (κ3) is 2.76. The molecule has 3 rings (SSSR count). The molecule has 19 heavy (non-hydrogen) atoms. The molecule has 1 aromatic carbocycles. The second-order valence-corrected chi connectivity index (χ2v) is 5.13. The van der Waals surface area contributed by atoms with Gasteiger partial charge in [0.1, 0.15) is 0 Å². The van der Waals surface area contributed by atoms with Crippen LogP contribution in [0, 0.1) is 0 Å². The Labute approximate surface area is 112 Å². The summed E-state index contributed by atoms with van der Waals surface area (Å²) in [5.41, 5.74) is 2.56. The second-order valence-electron chi connectivity index (χ2n) is 5.13. The minimum absolute atomic E-state index is 0.00976. The van der Waals surface area contributed by atoms with E-state index in [4.69, 9.17) is 0 Å². The van der Waals surface area contributed by atoms with Crippen LogP contribution in [0.5, 0.6) is 0 Å². The Kier molecular flexibility index (Phi) is 3.21. The van der Waals surface area contributed by atoms with Gasteiger partial charge < -0.3 is 10.6 Å². The first kappa shape index (κ1) is 12.2. The van der Waals surface area contributed by atoms with Gasteiger partial charge in [-0.25, -0.2) is 0 Å². The van der Waals surface area contributed by atoms with Crippen molar-refractivity contribution in [1.82, 2.24) is 4.90 Å². The van der Waals surface area contributed by atoms with Crippen LogP contribution in [0.1, 0.15) is 18.4 Å². The van der Waals surface area contributed by atoms with Gasteiger partial charge in [-0.3, -0.25) is 14.5 Å². The minimum Gasteiger partial charge on any atom is -0.326 e. The minimum atomic E-state index is 0.00976. The Morgan fingerprint density at radius 1 is 1.32 bits per heavy atom. The molecule has 2 N–H and O–H groups in total. The zero-order valence-corrected chi connectivity index (χ0v) is 10.7. The molecular formula is C14H17N3O2. The van der Waals surface area contributed by atoms with E-state index < -0.39 is 0 Å². The van der Waals surface area contributed by atoms with Gasteiger partial charge in [-0.15, -0.1) is 0 Å². The molecule has 0 radical (unpaired) electrons. The quantitative estimate of drug-likeness (QED) is 0.858. The van der Waals surface area contributed by atoms with Crippen LogP contribution < -0.4 is 10.6 Å². The molecule has 0 aliphatic carbocycles. The van der Waals surface area contributed by atoms with Crippen LogP contribution in [0.15, 0.2) is 18.2 Å². The van der Waals surface area contributed by atoms with Crippen LogP contribution in [0.4, 0.5) is 11.4 Å². The summed E-state index contributed by atoms with van der Waals surface area (Å²) in [4.78, 5) is 25.3. The molecule has 0 bridgehead atoms. The van der Waals surface area contributed by atoms with Crippen LogP contribution in [0.25, 0.3) is 0 Å². The Hall–Kier alpha value is -1.88. The van der Waals surface area contributed by atoms with Crippen molar-refractivity contribution in [1.29, 1.82) is 0 Å². The monoisotopic (exact) mass is 259 g/mol. The summed E-state index contributed by atoms with van der Waals surface area (Å²) in [6.45, 7) is 2.47. The maximum absolute atomic E-state index is 11.9. The molecule has 2 amide bonds. The van der Waals surface area contributed by atoms with Gasteiger partial charge in [0.05, 0.1) is 13.0 Å². The highest BCUT2D eigenvalue weighted by atomic mass is 16.2. The summed E-state index contributed by atoms with van der Waals surface area (Å²) in [7, 11) is 0. The van der Waals surface area contributed by atoms with Gasteiger partial charge in [0.25, 0.3) is 0 Å². The fourth-order valence-electron chi connectivity index (χ4n) is 2.65. The van der Waals surface area contributed by atoms with E-state index in [1.807, 2.05) is 18.2 Å². The number of nitrogens with one attached hydrogen (secondary N) is 2. The molecule has 1 fully saturated rings. The normalized spacial score (nSPS) is 18.2. The van der Waals surface area contributed by atoms with Crippen molar-refractivity contribution in [2.45, 2.75) is 19.3 Å². The van der Waals surface area contributed by atoms with E-state index in [1.54, 1.807) is 0 Å². The van der Waals surface area contributed by atoms with E-state index >= 15 is 0 Å². The molecule has 0 spiro atoms. The van der Waals surface area contributed by atoms with Crippen LogP contribution >= 0.6 is 0 Å². The Morgan fingerprint density at radius 2 is 2.11 bits per heavy atom. The van der Waals surface area contributed by atoms with Gasteiger partial charge in [-0.1, -0.05) is 0 Å². The van der Waals surface area contributed by atoms with Crippen LogP contribution in [-0.4, -0.2) is 36.3 Å². The number of benzene rings is 1. The molecule has 1 aromatic rings. The lowest BCUT2D eigenvalue weighted by molar-refractivity contribution is -0.117. The lowest BCUT2D eigenvalue weighted by atomic mass is 10.1. The zero-order valence-electron chi connectivity index (χ0n) is 10.7. The summed E-state index contributed by atoms with van der Waals surface area (Å²) in [6, 6.07) is 5.53. The summed E-state index contributed by atoms with van der Waals surface area (Å²) in [6.07, 6.45) is 2.75. The summed E-state index contributed by atoms with van der Waals surface area (Å²) < 4.78 is 0. The Bertz CT molecular complexity index is 521. The summed E-state index contributed by atoms with van der Waals surface area (Å²) >= 11 is 0. The van der Waals surface area contributed by atoms with Crippen molar-refractivity contribution in [3.05, 3.63) is 23.8 Å². The molecule has 0 saturated carbocycles. The van der Waals surface area contributed by atoms with Gasteiger partial charge in [0.15, 0.2) is 0 Å². The van der Waals surface area contributed by atoms with E-state index in [2.05, 4.69) is 15.5 Å². The average Bonchev–Trinajstić information content (AvgIpc) is 2.96. The van der Waals surface area contributed by atoms with Crippen LogP contribution in [0.2, 0.25) is 0 Å². The highest BCUT2D eigenvalue weighted by Gasteiger charge is 2.19. The molecule has 2 heterocycles. The number of likely N-dealkylation sites (tertiary alicyclic amines) is 1. The highest BCUT2D eigenvalue weighted by molar-refractivity contribution is 6.00. The summed E-state index contributed by atoms with van der Waals surface area (Å²) in [5.74, 6) is 0.0228. The van der Waals surface area contributed by atoms with E-state index in [1.165, 1.54) is 12.8 Å². The van der Waals surface area contributed by atoms with Crippen molar-refractivity contribution >= 4 is 23.2 Å². The Balaban J connectivity index is 1.62. The molecule has 5 nitrogen and oxygen atoms in total. The fraction of sp³-hybridized carbons (Fsp3) is 0.429. The number of hydrogen-bond donors (Lipinski definition) is 2. The number of hydrogen-bond acceptors (Lipinski definition) is 3. The van der Waals surface area contributed by atoms with Crippen molar-refractivity contribution in [3.8, 4) is 0 Å². The lowest BCUT2D eigenvalue weighted by Gasteiger charge is -2.14. The molecule has 5 heteroatoms.